The van der Waals surface area contributed by atoms with Crippen LogP contribution in [0, 0.1) is 5.41 Å². The van der Waals surface area contributed by atoms with Gasteiger partial charge >= 0.3 is 0 Å². The molecule has 7 nitrogen and oxygen atoms in total. The normalized spacial score (nSPS) is 24.1. The first-order valence-corrected chi connectivity index (χ1v) is 9.34. The van der Waals surface area contributed by atoms with Crippen LogP contribution in [0.3, 0.4) is 0 Å². The molecule has 1 unspecified atom stereocenters. The van der Waals surface area contributed by atoms with Gasteiger partial charge in [-0.15, -0.1) is 10.2 Å². The monoisotopic (exact) mass is 355 g/mol. The van der Waals surface area contributed by atoms with E-state index in [9.17, 15) is 4.79 Å². The summed E-state index contributed by atoms with van der Waals surface area (Å²) in [7, 11) is 0. The van der Waals surface area contributed by atoms with Gasteiger partial charge in [0.05, 0.1) is 17.5 Å². The number of amides is 1. The van der Waals surface area contributed by atoms with Crippen molar-refractivity contribution < 1.29 is 9.21 Å². The van der Waals surface area contributed by atoms with E-state index in [0.717, 1.165) is 44.5 Å². The molecule has 0 aromatic carbocycles. The number of carbonyl (C=O) groups is 1. The van der Waals surface area contributed by atoms with Gasteiger partial charge in [-0.1, -0.05) is 0 Å². The van der Waals surface area contributed by atoms with Gasteiger partial charge in [0, 0.05) is 31.5 Å². The van der Waals surface area contributed by atoms with E-state index in [2.05, 4.69) is 33.9 Å². The molecule has 2 fully saturated rings. The fourth-order valence-electron chi connectivity index (χ4n) is 4.18. The molecule has 2 aliphatic rings. The summed E-state index contributed by atoms with van der Waals surface area (Å²) < 4.78 is 5.79. The summed E-state index contributed by atoms with van der Waals surface area (Å²) in [6.07, 6.45) is 6.41. The third-order valence-electron chi connectivity index (χ3n) is 5.56. The first-order valence-electron chi connectivity index (χ1n) is 9.34. The van der Waals surface area contributed by atoms with Crippen LogP contribution >= 0.6 is 0 Å². The van der Waals surface area contributed by atoms with Crippen LogP contribution in [0.4, 0.5) is 0 Å². The lowest BCUT2D eigenvalue weighted by molar-refractivity contribution is -0.147. The third kappa shape index (κ3) is 3.11. The molecule has 0 bridgehead atoms. The predicted molar refractivity (Wildman–Crippen MR) is 95.9 cm³/mol. The molecule has 26 heavy (non-hydrogen) atoms. The van der Waals surface area contributed by atoms with E-state index in [-0.39, 0.29) is 11.5 Å². The van der Waals surface area contributed by atoms with Crippen molar-refractivity contribution in [3.63, 3.8) is 0 Å². The summed E-state index contributed by atoms with van der Waals surface area (Å²) >= 11 is 0. The molecule has 4 rings (SSSR count). The highest BCUT2D eigenvalue weighted by molar-refractivity contribution is 5.84. The molecule has 2 aliphatic heterocycles. The van der Waals surface area contributed by atoms with E-state index >= 15 is 0 Å². The maximum atomic E-state index is 13.0. The molecule has 0 radical (unpaired) electrons. The summed E-state index contributed by atoms with van der Waals surface area (Å²) in [6.45, 7) is 7.34. The van der Waals surface area contributed by atoms with Gasteiger partial charge < -0.3 is 9.32 Å². The summed E-state index contributed by atoms with van der Waals surface area (Å²) in [4.78, 5) is 21.4. The minimum Gasteiger partial charge on any atom is -0.419 e. The van der Waals surface area contributed by atoms with Gasteiger partial charge in [0.2, 0.25) is 17.7 Å². The van der Waals surface area contributed by atoms with Crippen LogP contribution in [0.1, 0.15) is 39.0 Å². The lowest BCUT2D eigenvalue weighted by Gasteiger charge is -2.41. The standard InChI is InChI=1S/C19H25N5O2/c1-14(2)24-9-4-6-19(18(24)25)7-10-23(13-19)12-16-21-22-17(26-16)15-5-3-8-20-11-15/h3,5,8,11,14H,4,6-7,9-10,12-13H2,1-2H3. The van der Waals surface area contributed by atoms with E-state index in [1.807, 2.05) is 17.0 Å². The number of piperidine rings is 1. The molecule has 4 heterocycles. The summed E-state index contributed by atoms with van der Waals surface area (Å²) in [6, 6.07) is 4.02. The fraction of sp³-hybridized carbons (Fsp3) is 0.579. The Balaban J connectivity index is 1.43. The molecular formula is C19H25N5O2. The van der Waals surface area contributed by atoms with Gasteiger partial charge in [0.15, 0.2) is 0 Å². The second kappa shape index (κ2) is 6.79. The number of pyridine rings is 1. The molecule has 2 aromatic heterocycles. The smallest absolute Gasteiger partial charge is 0.249 e. The second-order valence-electron chi connectivity index (χ2n) is 7.68. The Morgan fingerprint density at radius 2 is 2.15 bits per heavy atom. The lowest BCUT2D eigenvalue weighted by atomic mass is 9.78. The highest BCUT2D eigenvalue weighted by Crippen LogP contribution is 2.41. The molecule has 138 valence electrons. The van der Waals surface area contributed by atoms with Crippen LogP contribution in [-0.4, -0.2) is 56.6 Å². The number of carbonyl (C=O) groups excluding carboxylic acids is 1. The Morgan fingerprint density at radius 1 is 1.27 bits per heavy atom. The lowest BCUT2D eigenvalue weighted by Crippen LogP contribution is -2.52. The van der Waals surface area contributed by atoms with Gasteiger partial charge in [0.1, 0.15) is 0 Å². The van der Waals surface area contributed by atoms with E-state index in [4.69, 9.17) is 4.42 Å². The summed E-state index contributed by atoms with van der Waals surface area (Å²) in [5.41, 5.74) is 0.591. The number of hydrogen-bond acceptors (Lipinski definition) is 6. The zero-order valence-electron chi connectivity index (χ0n) is 15.4. The molecule has 0 N–H and O–H groups in total. The molecule has 1 spiro atoms. The Kier molecular flexibility index (Phi) is 4.48. The Hall–Kier alpha value is -2.28. The SMILES string of the molecule is CC(C)N1CCCC2(CCN(Cc3nnc(-c4cccnc4)o3)C2)C1=O. The Morgan fingerprint density at radius 3 is 2.92 bits per heavy atom. The van der Waals surface area contributed by atoms with Crippen LogP contribution in [0.2, 0.25) is 0 Å². The van der Waals surface area contributed by atoms with Crippen molar-refractivity contribution in [1.82, 2.24) is 25.0 Å². The van der Waals surface area contributed by atoms with Crippen LogP contribution in [-0.2, 0) is 11.3 Å². The van der Waals surface area contributed by atoms with Crippen molar-refractivity contribution in [2.24, 2.45) is 5.41 Å². The zero-order chi connectivity index (χ0) is 18.1. The van der Waals surface area contributed by atoms with Gasteiger partial charge in [-0.3, -0.25) is 14.7 Å². The number of likely N-dealkylation sites (tertiary alicyclic amines) is 2. The van der Waals surface area contributed by atoms with Gasteiger partial charge in [-0.25, -0.2) is 0 Å². The average Bonchev–Trinajstić information content (AvgIpc) is 3.26. The first kappa shape index (κ1) is 17.1. The maximum Gasteiger partial charge on any atom is 0.249 e. The van der Waals surface area contributed by atoms with Crippen molar-refractivity contribution in [2.45, 2.75) is 45.7 Å². The van der Waals surface area contributed by atoms with Crippen LogP contribution < -0.4 is 0 Å². The first-order chi connectivity index (χ1) is 12.6. The minimum absolute atomic E-state index is 0.227. The Labute approximate surface area is 153 Å². The quantitative estimate of drug-likeness (QED) is 0.838. The highest BCUT2D eigenvalue weighted by Gasteiger charge is 2.48. The van der Waals surface area contributed by atoms with E-state index in [1.54, 1.807) is 12.4 Å². The zero-order valence-corrected chi connectivity index (χ0v) is 15.4. The van der Waals surface area contributed by atoms with Crippen LogP contribution in [0.5, 0.6) is 0 Å². The van der Waals surface area contributed by atoms with Crippen LogP contribution in [0.25, 0.3) is 11.5 Å². The maximum absolute atomic E-state index is 13.0. The van der Waals surface area contributed by atoms with Crippen molar-refractivity contribution in [3.8, 4) is 11.5 Å². The molecular weight excluding hydrogens is 330 g/mol. The van der Waals surface area contributed by atoms with E-state index < -0.39 is 0 Å². The van der Waals surface area contributed by atoms with Crippen molar-refractivity contribution in [1.29, 1.82) is 0 Å². The highest BCUT2D eigenvalue weighted by atomic mass is 16.4. The summed E-state index contributed by atoms with van der Waals surface area (Å²) in [5.74, 6) is 1.40. The van der Waals surface area contributed by atoms with Gasteiger partial charge in [0.25, 0.3) is 0 Å². The average molecular weight is 355 g/mol. The largest absolute Gasteiger partial charge is 0.419 e. The third-order valence-corrected chi connectivity index (χ3v) is 5.56. The van der Waals surface area contributed by atoms with Gasteiger partial charge in [-0.05, 0) is 51.8 Å². The molecule has 0 aliphatic carbocycles. The number of hydrogen-bond donors (Lipinski definition) is 0. The second-order valence-corrected chi connectivity index (χ2v) is 7.68. The van der Waals surface area contributed by atoms with E-state index in [1.165, 1.54) is 0 Å². The van der Waals surface area contributed by atoms with Crippen molar-refractivity contribution in [2.75, 3.05) is 19.6 Å². The van der Waals surface area contributed by atoms with Gasteiger partial charge in [-0.2, -0.15) is 0 Å². The summed E-state index contributed by atoms with van der Waals surface area (Å²) in [5, 5.41) is 8.29. The molecule has 1 amide bonds. The molecule has 1 atom stereocenters. The topological polar surface area (TPSA) is 75.4 Å². The van der Waals surface area contributed by atoms with E-state index in [0.29, 0.717) is 24.2 Å². The molecule has 7 heteroatoms. The van der Waals surface area contributed by atoms with Crippen LogP contribution in [0.15, 0.2) is 28.9 Å². The predicted octanol–water partition coefficient (Wildman–Crippen LogP) is 2.35. The number of rotatable bonds is 4. The molecule has 2 aromatic rings. The van der Waals surface area contributed by atoms with Crippen molar-refractivity contribution in [3.05, 3.63) is 30.4 Å². The van der Waals surface area contributed by atoms with Crippen molar-refractivity contribution >= 4 is 5.91 Å². The Bertz CT molecular complexity index is 775. The molecule has 2 saturated heterocycles. The number of nitrogens with zero attached hydrogens (tertiary/aromatic N) is 5. The number of aromatic nitrogens is 3. The molecule has 0 saturated carbocycles. The fourth-order valence-corrected chi connectivity index (χ4v) is 4.18. The minimum atomic E-state index is -0.227.